The molecule has 2 aliphatic heterocycles. The zero-order chi connectivity index (χ0) is 12.1. The molecule has 0 aromatic carbocycles. The lowest BCUT2D eigenvalue weighted by atomic mass is 10.0. The smallest absolute Gasteiger partial charge is 0.0703 e. The Kier molecular flexibility index (Phi) is 5.26. The summed E-state index contributed by atoms with van der Waals surface area (Å²) in [6.45, 7) is 9.10. The predicted octanol–water partition coefficient (Wildman–Crippen LogP) is 2.02. The number of nitrogens with zero attached hydrogens (tertiary/aromatic N) is 1. The van der Waals surface area contributed by atoms with E-state index < -0.39 is 0 Å². The van der Waals surface area contributed by atoms with Crippen molar-refractivity contribution < 1.29 is 4.74 Å². The number of hydrogen-bond acceptors (Lipinski definition) is 3. The van der Waals surface area contributed by atoms with Crippen molar-refractivity contribution in [2.75, 3.05) is 26.2 Å². The predicted molar refractivity (Wildman–Crippen MR) is 71.3 cm³/mol. The second-order valence-corrected chi connectivity index (χ2v) is 5.57. The summed E-state index contributed by atoms with van der Waals surface area (Å²) in [5, 5.41) is 3.66. The van der Waals surface area contributed by atoms with Gasteiger partial charge < -0.3 is 10.1 Å². The SMILES string of the molecule is CCCN(CC1CCCCN1)C1CCOC1C. The van der Waals surface area contributed by atoms with E-state index in [0.717, 1.165) is 6.61 Å². The Bertz CT molecular complexity index is 216. The van der Waals surface area contributed by atoms with E-state index in [1.807, 2.05) is 0 Å². The Labute approximate surface area is 106 Å². The molecule has 3 heteroatoms. The summed E-state index contributed by atoms with van der Waals surface area (Å²) >= 11 is 0. The van der Waals surface area contributed by atoms with E-state index in [1.165, 1.54) is 51.7 Å². The molecule has 0 radical (unpaired) electrons. The van der Waals surface area contributed by atoms with Crippen molar-refractivity contribution in [3.63, 3.8) is 0 Å². The number of ether oxygens (including phenoxy) is 1. The Balaban J connectivity index is 1.86. The van der Waals surface area contributed by atoms with Crippen LogP contribution in [0.4, 0.5) is 0 Å². The fourth-order valence-electron chi connectivity index (χ4n) is 3.24. The van der Waals surface area contributed by atoms with Crippen LogP contribution in [0, 0.1) is 0 Å². The minimum absolute atomic E-state index is 0.421. The van der Waals surface area contributed by atoms with Crippen molar-refractivity contribution in [1.29, 1.82) is 0 Å². The van der Waals surface area contributed by atoms with Crippen LogP contribution < -0.4 is 5.32 Å². The lowest BCUT2D eigenvalue weighted by Crippen LogP contribution is -2.49. The first-order valence-electron chi connectivity index (χ1n) is 7.40. The first kappa shape index (κ1) is 13.3. The molecule has 2 rings (SSSR count). The van der Waals surface area contributed by atoms with Gasteiger partial charge in [-0.1, -0.05) is 13.3 Å². The van der Waals surface area contributed by atoms with Gasteiger partial charge in [-0.3, -0.25) is 4.90 Å². The van der Waals surface area contributed by atoms with Crippen molar-refractivity contribution >= 4 is 0 Å². The second kappa shape index (κ2) is 6.72. The van der Waals surface area contributed by atoms with Crippen molar-refractivity contribution in [1.82, 2.24) is 10.2 Å². The zero-order valence-corrected chi connectivity index (χ0v) is 11.5. The van der Waals surface area contributed by atoms with Gasteiger partial charge in [0.05, 0.1) is 6.10 Å². The van der Waals surface area contributed by atoms with Crippen LogP contribution in [0.5, 0.6) is 0 Å². The maximum Gasteiger partial charge on any atom is 0.0703 e. The number of nitrogens with one attached hydrogen (secondary N) is 1. The van der Waals surface area contributed by atoms with Crippen LogP contribution >= 0.6 is 0 Å². The lowest BCUT2D eigenvalue weighted by Gasteiger charge is -2.35. The Morgan fingerprint density at radius 2 is 2.18 bits per heavy atom. The van der Waals surface area contributed by atoms with E-state index in [4.69, 9.17) is 4.74 Å². The molecule has 3 nitrogen and oxygen atoms in total. The van der Waals surface area contributed by atoms with Gasteiger partial charge in [0.2, 0.25) is 0 Å². The van der Waals surface area contributed by atoms with E-state index in [-0.39, 0.29) is 0 Å². The number of hydrogen-bond donors (Lipinski definition) is 1. The molecule has 0 aromatic heterocycles. The number of rotatable bonds is 5. The van der Waals surface area contributed by atoms with E-state index in [9.17, 15) is 0 Å². The molecular weight excluding hydrogens is 212 g/mol. The minimum Gasteiger partial charge on any atom is -0.377 e. The average Bonchev–Trinajstić information content (AvgIpc) is 2.76. The summed E-state index contributed by atoms with van der Waals surface area (Å²) < 4.78 is 5.72. The fraction of sp³-hybridized carbons (Fsp3) is 1.00. The average molecular weight is 240 g/mol. The van der Waals surface area contributed by atoms with Gasteiger partial charge in [0.25, 0.3) is 0 Å². The van der Waals surface area contributed by atoms with Crippen LogP contribution in [-0.2, 0) is 4.74 Å². The highest BCUT2D eigenvalue weighted by molar-refractivity contribution is 4.85. The highest BCUT2D eigenvalue weighted by Gasteiger charge is 2.30. The normalized spacial score (nSPS) is 34.4. The topological polar surface area (TPSA) is 24.5 Å². The largest absolute Gasteiger partial charge is 0.377 e. The van der Waals surface area contributed by atoms with Crippen molar-refractivity contribution in [3.8, 4) is 0 Å². The number of piperidine rings is 1. The lowest BCUT2D eigenvalue weighted by molar-refractivity contribution is 0.0679. The Hall–Kier alpha value is -0.120. The van der Waals surface area contributed by atoms with E-state index >= 15 is 0 Å². The summed E-state index contributed by atoms with van der Waals surface area (Å²) in [5.74, 6) is 0. The molecule has 0 saturated carbocycles. The van der Waals surface area contributed by atoms with Crippen molar-refractivity contribution in [3.05, 3.63) is 0 Å². The van der Waals surface area contributed by atoms with Gasteiger partial charge in [0, 0.05) is 25.2 Å². The van der Waals surface area contributed by atoms with Gasteiger partial charge in [0.1, 0.15) is 0 Å². The van der Waals surface area contributed by atoms with E-state index in [0.29, 0.717) is 18.2 Å². The molecule has 2 aliphatic rings. The third-order valence-electron chi connectivity index (χ3n) is 4.18. The van der Waals surface area contributed by atoms with Crippen LogP contribution in [0.3, 0.4) is 0 Å². The molecule has 100 valence electrons. The van der Waals surface area contributed by atoms with Crippen LogP contribution in [0.1, 0.15) is 46.0 Å². The molecule has 3 atom stereocenters. The summed E-state index contributed by atoms with van der Waals surface area (Å²) in [6, 6.07) is 1.36. The first-order chi connectivity index (χ1) is 8.31. The maximum absolute atomic E-state index is 5.72. The van der Waals surface area contributed by atoms with E-state index in [1.54, 1.807) is 0 Å². The minimum atomic E-state index is 0.421. The Morgan fingerprint density at radius 3 is 2.76 bits per heavy atom. The maximum atomic E-state index is 5.72. The summed E-state index contributed by atoms with van der Waals surface area (Å²) in [6.07, 6.45) is 6.98. The van der Waals surface area contributed by atoms with Gasteiger partial charge in [-0.25, -0.2) is 0 Å². The summed E-state index contributed by atoms with van der Waals surface area (Å²) in [5.41, 5.74) is 0. The van der Waals surface area contributed by atoms with Gasteiger partial charge in [-0.15, -0.1) is 0 Å². The third-order valence-corrected chi connectivity index (χ3v) is 4.18. The zero-order valence-electron chi connectivity index (χ0n) is 11.5. The molecule has 2 fully saturated rings. The summed E-state index contributed by atoms with van der Waals surface area (Å²) in [4.78, 5) is 2.67. The second-order valence-electron chi connectivity index (χ2n) is 5.57. The molecule has 17 heavy (non-hydrogen) atoms. The molecule has 2 heterocycles. The van der Waals surface area contributed by atoms with Gasteiger partial charge in [-0.2, -0.15) is 0 Å². The quantitative estimate of drug-likeness (QED) is 0.795. The van der Waals surface area contributed by atoms with Gasteiger partial charge in [0.15, 0.2) is 0 Å². The molecule has 0 aliphatic carbocycles. The van der Waals surface area contributed by atoms with E-state index in [2.05, 4.69) is 24.1 Å². The molecule has 1 N–H and O–H groups in total. The monoisotopic (exact) mass is 240 g/mol. The van der Waals surface area contributed by atoms with Gasteiger partial charge >= 0.3 is 0 Å². The molecule has 2 saturated heterocycles. The first-order valence-corrected chi connectivity index (χ1v) is 7.40. The van der Waals surface area contributed by atoms with Crippen LogP contribution in [-0.4, -0.2) is 49.3 Å². The standard InChI is InChI=1S/C14H28N2O/c1-3-9-16(14-7-10-17-12(14)2)11-13-6-4-5-8-15-13/h12-15H,3-11H2,1-2H3. The molecule has 0 amide bonds. The van der Waals surface area contributed by atoms with Crippen LogP contribution in [0.25, 0.3) is 0 Å². The third kappa shape index (κ3) is 3.67. The highest BCUT2D eigenvalue weighted by atomic mass is 16.5. The molecule has 3 unspecified atom stereocenters. The molecule has 0 bridgehead atoms. The molecule has 0 spiro atoms. The van der Waals surface area contributed by atoms with Gasteiger partial charge in [-0.05, 0) is 45.7 Å². The Morgan fingerprint density at radius 1 is 1.29 bits per heavy atom. The molecule has 0 aromatic rings. The summed E-state index contributed by atoms with van der Waals surface area (Å²) in [7, 11) is 0. The highest BCUT2D eigenvalue weighted by Crippen LogP contribution is 2.21. The van der Waals surface area contributed by atoms with Crippen LogP contribution in [0.2, 0.25) is 0 Å². The van der Waals surface area contributed by atoms with Crippen LogP contribution in [0.15, 0.2) is 0 Å². The fourth-order valence-corrected chi connectivity index (χ4v) is 3.24. The van der Waals surface area contributed by atoms with Crippen molar-refractivity contribution in [2.24, 2.45) is 0 Å². The molecular formula is C14H28N2O. The van der Waals surface area contributed by atoms with Crippen molar-refractivity contribution in [2.45, 2.75) is 64.1 Å².